The van der Waals surface area contributed by atoms with Crippen LogP contribution in [0.1, 0.15) is 46.0 Å². The SMILES string of the molecule is CCCCS(=O)(=O)OS(C)(C)CC(=O)c1ccccc1C(=O)c1ccccc1. The molecule has 0 saturated heterocycles. The number of unbranched alkanes of at least 4 members (excludes halogenated alkanes) is 1. The van der Waals surface area contributed by atoms with Gasteiger partial charge in [-0.1, -0.05) is 67.9 Å². The predicted octanol–water partition coefficient (Wildman–Crippen LogP) is 4.23. The van der Waals surface area contributed by atoms with Crippen LogP contribution in [0.25, 0.3) is 0 Å². The molecule has 0 N–H and O–H groups in total. The molecule has 2 aromatic rings. The average Bonchev–Trinajstić information content (AvgIpc) is 2.65. The molecule has 2 rings (SSSR count). The lowest BCUT2D eigenvalue weighted by atomic mass is 9.96. The van der Waals surface area contributed by atoms with Crippen molar-refractivity contribution in [1.82, 2.24) is 0 Å². The van der Waals surface area contributed by atoms with Crippen molar-refractivity contribution >= 4 is 32.0 Å². The fraction of sp³-hybridized carbons (Fsp3) is 0.333. The van der Waals surface area contributed by atoms with Gasteiger partial charge >= 0.3 is 0 Å². The largest absolute Gasteiger partial charge is 0.293 e. The molecule has 0 saturated carbocycles. The van der Waals surface area contributed by atoms with E-state index >= 15 is 0 Å². The van der Waals surface area contributed by atoms with E-state index in [0.29, 0.717) is 17.5 Å². The number of carbonyl (C=O) groups excluding carboxylic acids is 2. The van der Waals surface area contributed by atoms with Gasteiger partial charge in [-0.2, -0.15) is 8.42 Å². The van der Waals surface area contributed by atoms with Crippen LogP contribution < -0.4 is 0 Å². The smallest absolute Gasteiger partial charge is 0.276 e. The predicted molar refractivity (Wildman–Crippen MR) is 115 cm³/mol. The van der Waals surface area contributed by atoms with Gasteiger partial charge in [0, 0.05) is 16.7 Å². The Morgan fingerprint density at radius 1 is 0.893 bits per heavy atom. The summed E-state index contributed by atoms with van der Waals surface area (Å²) in [6.07, 6.45) is 4.55. The Hall–Kier alpha value is -1.96. The summed E-state index contributed by atoms with van der Waals surface area (Å²) in [5.41, 5.74) is 1.09. The standard InChI is InChI=1S/C21H26O5S2/c1-4-5-15-28(24,25)26-27(2,3)16-20(22)18-13-9-10-14-19(18)21(23)17-11-7-6-8-12-17/h6-14H,4-5,15-16H2,1-3H3. The van der Waals surface area contributed by atoms with Gasteiger partial charge in [-0.15, -0.1) is 10.3 Å². The Morgan fingerprint density at radius 3 is 2.07 bits per heavy atom. The van der Waals surface area contributed by atoms with Crippen LogP contribution in [0.15, 0.2) is 54.6 Å². The second-order valence-electron chi connectivity index (χ2n) is 6.93. The molecular weight excluding hydrogens is 396 g/mol. The highest BCUT2D eigenvalue weighted by molar-refractivity contribution is 8.32. The van der Waals surface area contributed by atoms with Gasteiger partial charge in [-0.05, 0) is 18.9 Å². The molecule has 0 fully saturated rings. The summed E-state index contributed by atoms with van der Waals surface area (Å²) < 4.78 is 29.6. The highest BCUT2D eigenvalue weighted by Crippen LogP contribution is 2.43. The van der Waals surface area contributed by atoms with Crippen molar-refractivity contribution in [3.63, 3.8) is 0 Å². The summed E-state index contributed by atoms with van der Waals surface area (Å²) >= 11 is 0. The normalized spacial score (nSPS) is 12.5. The maximum absolute atomic E-state index is 12.9. The van der Waals surface area contributed by atoms with Gasteiger partial charge in [0.1, 0.15) is 0 Å². The van der Waals surface area contributed by atoms with Gasteiger partial charge in [0.25, 0.3) is 10.1 Å². The molecular formula is C21H26O5S2. The second kappa shape index (κ2) is 9.49. The summed E-state index contributed by atoms with van der Waals surface area (Å²) in [5, 5.41) is 0. The molecule has 0 aliphatic rings. The van der Waals surface area contributed by atoms with Crippen LogP contribution >= 0.6 is 10.3 Å². The lowest BCUT2D eigenvalue weighted by molar-refractivity contribution is 0.0992. The number of Topliss-reactive ketones (excluding diaryl/α,β-unsaturated/α-hetero) is 1. The summed E-state index contributed by atoms with van der Waals surface area (Å²) in [4.78, 5) is 25.7. The molecule has 0 aliphatic heterocycles. The van der Waals surface area contributed by atoms with Crippen molar-refractivity contribution in [2.45, 2.75) is 19.8 Å². The topological polar surface area (TPSA) is 77.5 Å². The maximum atomic E-state index is 12.9. The van der Waals surface area contributed by atoms with E-state index in [1.54, 1.807) is 61.0 Å². The van der Waals surface area contributed by atoms with E-state index in [2.05, 4.69) is 0 Å². The van der Waals surface area contributed by atoms with Crippen LogP contribution in [-0.2, 0) is 13.7 Å². The highest BCUT2D eigenvalue weighted by Gasteiger charge is 2.27. The van der Waals surface area contributed by atoms with Crippen LogP contribution in [0, 0.1) is 0 Å². The third kappa shape index (κ3) is 6.29. The van der Waals surface area contributed by atoms with Crippen LogP contribution in [0.4, 0.5) is 0 Å². The third-order valence-corrected chi connectivity index (χ3v) is 8.07. The molecule has 0 heterocycles. The minimum absolute atomic E-state index is 0.0583. The van der Waals surface area contributed by atoms with E-state index in [1.807, 2.05) is 13.0 Å². The molecule has 152 valence electrons. The molecule has 0 amide bonds. The Kier molecular flexibility index (Phi) is 7.57. The van der Waals surface area contributed by atoms with Gasteiger partial charge in [0.05, 0.1) is 11.5 Å². The molecule has 0 atom stereocenters. The lowest BCUT2D eigenvalue weighted by Crippen LogP contribution is -2.21. The fourth-order valence-electron chi connectivity index (χ4n) is 2.72. The minimum Gasteiger partial charge on any atom is -0.293 e. The number of rotatable bonds is 10. The van der Waals surface area contributed by atoms with Gasteiger partial charge < -0.3 is 0 Å². The molecule has 0 aromatic heterocycles. The van der Waals surface area contributed by atoms with E-state index in [9.17, 15) is 18.0 Å². The van der Waals surface area contributed by atoms with Crippen molar-refractivity contribution in [3.05, 3.63) is 71.3 Å². The van der Waals surface area contributed by atoms with Crippen molar-refractivity contribution in [2.75, 3.05) is 24.0 Å². The first-order valence-corrected chi connectivity index (χ1v) is 13.1. The second-order valence-corrected chi connectivity index (χ2v) is 12.2. The average molecular weight is 423 g/mol. The molecule has 0 unspecified atom stereocenters. The lowest BCUT2D eigenvalue weighted by Gasteiger charge is -2.29. The molecule has 7 heteroatoms. The van der Waals surface area contributed by atoms with E-state index in [0.717, 1.165) is 6.42 Å². The fourth-order valence-corrected chi connectivity index (χ4v) is 6.86. The van der Waals surface area contributed by atoms with Crippen LogP contribution in [0.5, 0.6) is 0 Å². The third-order valence-electron chi connectivity index (χ3n) is 4.02. The Bertz CT molecular complexity index is 934. The zero-order chi connectivity index (χ0) is 20.8. The molecule has 0 spiro atoms. The number of ketones is 2. The van der Waals surface area contributed by atoms with Crippen molar-refractivity contribution < 1.29 is 21.6 Å². The number of hydrogen-bond acceptors (Lipinski definition) is 5. The molecule has 5 nitrogen and oxygen atoms in total. The van der Waals surface area contributed by atoms with Crippen molar-refractivity contribution in [3.8, 4) is 0 Å². The number of benzene rings is 2. The van der Waals surface area contributed by atoms with Crippen LogP contribution in [0.3, 0.4) is 0 Å². The number of hydrogen-bond donors (Lipinski definition) is 0. The summed E-state index contributed by atoms with van der Waals surface area (Å²) in [6, 6.07) is 15.3. The molecule has 0 radical (unpaired) electrons. The Morgan fingerprint density at radius 2 is 1.46 bits per heavy atom. The Balaban J connectivity index is 2.22. The molecule has 0 aliphatic carbocycles. The Labute approximate surface area is 168 Å². The molecule has 28 heavy (non-hydrogen) atoms. The highest BCUT2D eigenvalue weighted by atomic mass is 32.3. The summed E-state index contributed by atoms with van der Waals surface area (Å²) in [6.45, 7) is 1.90. The molecule has 0 bridgehead atoms. The minimum atomic E-state index is -3.68. The first-order valence-electron chi connectivity index (χ1n) is 9.02. The van der Waals surface area contributed by atoms with E-state index < -0.39 is 20.4 Å². The van der Waals surface area contributed by atoms with E-state index in [-0.39, 0.29) is 28.6 Å². The van der Waals surface area contributed by atoms with Gasteiger partial charge in [0.15, 0.2) is 11.6 Å². The first-order chi connectivity index (χ1) is 13.2. The van der Waals surface area contributed by atoms with Crippen LogP contribution in [0.2, 0.25) is 0 Å². The molecule has 2 aromatic carbocycles. The van der Waals surface area contributed by atoms with Gasteiger partial charge in [-0.3, -0.25) is 9.59 Å². The van der Waals surface area contributed by atoms with Gasteiger partial charge in [-0.25, -0.2) is 3.63 Å². The first kappa shape index (κ1) is 22.3. The maximum Gasteiger partial charge on any atom is 0.276 e. The zero-order valence-corrected chi connectivity index (χ0v) is 18.0. The van der Waals surface area contributed by atoms with E-state index in [1.165, 1.54) is 0 Å². The summed E-state index contributed by atoms with van der Waals surface area (Å²) in [5.74, 6) is -0.673. The van der Waals surface area contributed by atoms with Gasteiger partial charge in [0.2, 0.25) is 0 Å². The van der Waals surface area contributed by atoms with Crippen LogP contribution in [-0.4, -0.2) is 44.0 Å². The monoisotopic (exact) mass is 422 g/mol. The quantitative estimate of drug-likeness (QED) is 0.536. The van der Waals surface area contributed by atoms with E-state index in [4.69, 9.17) is 3.63 Å². The summed E-state index contributed by atoms with van der Waals surface area (Å²) in [7, 11) is -5.85. The number of carbonyl (C=O) groups is 2. The van der Waals surface area contributed by atoms with Crippen molar-refractivity contribution in [1.29, 1.82) is 0 Å². The van der Waals surface area contributed by atoms with Crippen molar-refractivity contribution in [2.24, 2.45) is 0 Å². The zero-order valence-electron chi connectivity index (χ0n) is 16.4.